The van der Waals surface area contributed by atoms with Crippen LogP contribution >= 0.6 is 0 Å². The van der Waals surface area contributed by atoms with Crippen LogP contribution in [0.15, 0.2) is 78.9 Å². The van der Waals surface area contributed by atoms with Crippen molar-refractivity contribution in [3.8, 4) is 11.1 Å². The van der Waals surface area contributed by atoms with E-state index < -0.39 is 18.1 Å². The van der Waals surface area contributed by atoms with E-state index in [9.17, 15) is 14.4 Å². The first-order valence-electron chi connectivity index (χ1n) is 12.1. The van der Waals surface area contributed by atoms with Crippen molar-refractivity contribution in [1.82, 2.24) is 10.2 Å². The first-order chi connectivity index (χ1) is 17.5. The number of carbonyl (C=O) groups is 3. The number of nitrogens with one attached hydrogen (secondary N) is 1. The number of hydrogen-bond donors (Lipinski definition) is 2. The van der Waals surface area contributed by atoms with Crippen LogP contribution < -0.4 is 5.32 Å². The van der Waals surface area contributed by atoms with Crippen molar-refractivity contribution in [3.63, 3.8) is 0 Å². The number of carboxylic acid groups (broad SMARTS) is 1. The smallest absolute Gasteiger partial charge is 0.407 e. The van der Waals surface area contributed by atoms with Gasteiger partial charge < -0.3 is 20.1 Å². The van der Waals surface area contributed by atoms with E-state index in [4.69, 9.17) is 9.84 Å². The van der Waals surface area contributed by atoms with Gasteiger partial charge >= 0.3 is 12.1 Å². The van der Waals surface area contributed by atoms with Gasteiger partial charge in [-0.1, -0.05) is 85.8 Å². The molecule has 2 N–H and O–H groups in total. The largest absolute Gasteiger partial charge is 0.481 e. The summed E-state index contributed by atoms with van der Waals surface area (Å²) in [7, 11) is 0. The molecule has 0 heterocycles. The molecule has 0 aliphatic heterocycles. The highest BCUT2D eigenvalue weighted by atomic mass is 16.5. The second-order valence-electron chi connectivity index (χ2n) is 8.82. The summed E-state index contributed by atoms with van der Waals surface area (Å²) in [6.07, 6.45) is -0.503. The molecular weight excluding hydrogens is 456 g/mol. The number of benzene rings is 3. The Morgan fingerprint density at radius 1 is 0.917 bits per heavy atom. The van der Waals surface area contributed by atoms with Crippen LogP contribution in [-0.4, -0.2) is 47.2 Å². The predicted octanol–water partition coefficient (Wildman–Crippen LogP) is 4.81. The fourth-order valence-electron chi connectivity index (χ4n) is 4.64. The lowest BCUT2D eigenvalue weighted by Crippen LogP contribution is -2.48. The van der Waals surface area contributed by atoms with E-state index in [0.717, 1.165) is 27.8 Å². The van der Waals surface area contributed by atoms with Gasteiger partial charge in [-0.2, -0.15) is 0 Å². The number of carboxylic acids is 1. The maximum absolute atomic E-state index is 13.3. The summed E-state index contributed by atoms with van der Waals surface area (Å²) in [5, 5.41) is 11.8. The van der Waals surface area contributed by atoms with Gasteiger partial charge in [0.15, 0.2) is 0 Å². The molecular formula is C29H30N2O5. The Labute approximate surface area is 210 Å². The summed E-state index contributed by atoms with van der Waals surface area (Å²) in [6.45, 7) is 2.25. The Hall–Kier alpha value is -4.13. The normalized spacial score (nSPS) is 12.8. The lowest BCUT2D eigenvalue weighted by Gasteiger charge is -2.27. The van der Waals surface area contributed by atoms with Crippen LogP contribution in [0.1, 0.15) is 42.4 Å². The summed E-state index contributed by atoms with van der Waals surface area (Å²) in [4.78, 5) is 38.7. The van der Waals surface area contributed by atoms with Crippen molar-refractivity contribution in [2.45, 2.75) is 38.3 Å². The summed E-state index contributed by atoms with van der Waals surface area (Å²) in [5.41, 5.74) is 5.37. The summed E-state index contributed by atoms with van der Waals surface area (Å²) in [5.74, 6) is -1.40. The van der Waals surface area contributed by atoms with Crippen LogP contribution in [-0.2, 0) is 20.9 Å². The molecule has 3 aromatic carbocycles. The molecule has 4 rings (SSSR count). The molecule has 1 aliphatic carbocycles. The molecule has 0 saturated heterocycles. The maximum atomic E-state index is 13.3. The average molecular weight is 487 g/mol. The van der Waals surface area contributed by atoms with Crippen molar-refractivity contribution in [3.05, 3.63) is 95.6 Å². The molecule has 7 nitrogen and oxygen atoms in total. The van der Waals surface area contributed by atoms with Crippen LogP contribution in [0.2, 0.25) is 0 Å². The number of fused-ring (bicyclic) bond motifs is 3. The second-order valence-corrected chi connectivity index (χ2v) is 8.82. The van der Waals surface area contributed by atoms with Crippen LogP contribution in [0.3, 0.4) is 0 Å². The van der Waals surface area contributed by atoms with Gasteiger partial charge in [-0.05, 0) is 34.2 Å². The Bertz CT molecular complexity index is 1180. The van der Waals surface area contributed by atoms with E-state index in [1.54, 1.807) is 6.92 Å². The standard InChI is InChI=1S/C29H30N2O5/c1-2-26(28(34)31(17-16-27(32)33)18-20-10-4-3-5-11-20)30-29(35)36-19-25-23-14-8-6-12-21(23)22-13-7-9-15-24(22)25/h3-15,25-26H,2,16-19H2,1H3,(H,30,35)(H,32,33)/t26-/m1/s1. The fraction of sp³-hybridized carbons (Fsp3) is 0.276. The Kier molecular flexibility index (Phi) is 8.00. The topological polar surface area (TPSA) is 95.9 Å². The number of rotatable bonds is 10. The van der Waals surface area contributed by atoms with Gasteiger partial charge in [-0.25, -0.2) is 4.79 Å². The highest BCUT2D eigenvalue weighted by Gasteiger charge is 2.30. The van der Waals surface area contributed by atoms with Gasteiger partial charge in [0.1, 0.15) is 12.6 Å². The minimum atomic E-state index is -0.988. The van der Waals surface area contributed by atoms with Crippen molar-refractivity contribution >= 4 is 18.0 Å². The average Bonchev–Trinajstić information content (AvgIpc) is 3.22. The minimum Gasteiger partial charge on any atom is -0.481 e. The first kappa shape index (κ1) is 25.0. The number of carbonyl (C=O) groups excluding carboxylic acids is 2. The predicted molar refractivity (Wildman–Crippen MR) is 136 cm³/mol. The van der Waals surface area contributed by atoms with E-state index in [1.165, 1.54) is 4.90 Å². The number of ether oxygens (including phenoxy) is 1. The number of hydrogen-bond acceptors (Lipinski definition) is 4. The number of alkyl carbamates (subject to hydrolysis) is 1. The van der Waals surface area contributed by atoms with E-state index in [1.807, 2.05) is 66.7 Å². The minimum absolute atomic E-state index is 0.0476. The molecule has 0 radical (unpaired) electrons. The third-order valence-electron chi connectivity index (χ3n) is 6.47. The van der Waals surface area contributed by atoms with Crippen LogP contribution in [0, 0.1) is 0 Å². The molecule has 1 atom stereocenters. The molecule has 7 heteroatoms. The number of amides is 2. The third kappa shape index (κ3) is 5.74. The highest BCUT2D eigenvalue weighted by Crippen LogP contribution is 2.44. The van der Waals surface area contributed by atoms with Gasteiger partial charge in [-0.15, -0.1) is 0 Å². The molecule has 0 aromatic heterocycles. The van der Waals surface area contributed by atoms with Crippen LogP contribution in [0.25, 0.3) is 11.1 Å². The first-order valence-corrected chi connectivity index (χ1v) is 12.1. The van der Waals surface area contributed by atoms with E-state index in [-0.39, 0.29) is 37.9 Å². The molecule has 36 heavy (non-hydrogen) atoms. The van der Waals surface area contributed by atoms with E-state index in [0.29, 0.717) is 6.42 Å². The molecule has 0 unspecified atom stereocenters. The monoisotopic (exact) mass is 486 g/mol. The number of aliphatic carboxylic acids is 1. The fourth-order valence-corrected chi connectivity index (χ4v) is 4.64. The van der Waals surface area contributed by atoms with Gasteiger partial charge in [0.25, 0.3) is 0 Å². The van der Waals surface area contributed by atoms with Gasteiger partial charge in [0.2, 0.25) is 5.91 Å². The number of nitrogens with zero attached hydrogens (tertiary/aromatic N) is 1. The molecule has 0 bridgehead atoms. The molecule has 1 aliphatic rings. The zero-order valence-corrected chi connectivity index (χ0v) is 20.2. The molecule has 0 spiro atoms. The van der Waals surface area contributed by atoms with Gasteiger partial charge in [0, 0.05) is 19.0 Å². The van der Waals surface area contributed by atoms with E-state index >= 15 is 0 Å². The zero-order valence-electron chi connectivity index (χ0n) is 20.2. The Morgan fingerprint density at radius 3 is 2.08 bits per heavy atom. The summed E-state index contributed by atoms with van der Waals surface area (Å²) < 4.78 is 5.60. The summed E-state index contributed by atoms with van der Waals surface area (Å²) >= 11 is 0. The van der Waals surface area contributed by atoms with Crippen molar-refractivity contribution in [2.24, 2.45) is 0 Å². The molecule has 0 saturated carbocycles. The van der Waals surface area contributed by atoms with Crippen molar-refractivity contribution in [1.29, 1.82) is 0 Å². The second kappa shape index (κ2) is 11.5. The Morgan fingerprint density at radius 2 is 1.50 bits per heavy atom. The maximum Gasteiger partial charge on any atom is 0.407 e. The lowest BCUT2D eigenvalue weighted by molar-refractivity contribution is -0.139. The van der Waals surface area contributed by atoms with Crippen molar-refractivity contribution in [2.75, 3.05) is 13.2 Å². The van der Waals surface area contributed by atoms with Crippen LogP contribution in [0.5, 0.6) is 0 Å². The van der Waals surface area contributed by atoms with Gasteiger partial charge in [0.05, 0.1) is 6.42 Å². The molecule has 186 valence electrons. The molecule has 2 amide bonds. The molecule has 3 aromatic rings. The van der Waals surface area contributed by atoms with Crippen molar-refractivity contribution < 1.29 is 24.2 Å². The molecule has 0 fully saturated rings. The quantitative estimate of drug-likeness (QED) is 0.429. The van der Waals surface area contributed by atoms with Gasteiger partial charge in [-0.3, -0.25) is 9.59 Å². The third-order valence-corrected chi connectivity index (χ3v) is 6.47. The lowest BCUT2D eigenvalue weighted by atomic mass is 9.98. The Balaban J connectivity index is 1.41. The summed E-state index contributed by atoms with van der Waals surface area (Å²) in [6, 6.07) is 24.7. The SMILES string of the molecule is CC[C@@H](NC(=O)OCC1c2ccccc2-c2ccccc21)C(=O)N(CCC(=O)O)Cc1ccccc1. The highest BCUT2D eigenvalue weighted by molar-refractivity contribution is 5.86. The zero-order chi connectivity index (χ0) is 25.5. The van der Waals surface area contributed by atoms with Crippen LogP contribution in [0.4, 0.5) is 4.79 Å². The van der Waals surface area contributed by atoms with E-state index in [2.05, 4.69) is 17.4 Å².